The van der Waals surface area contributed by atoms with Gasteiger partial charge in [0.2, 0.25) is 0 Å². The highest BCUT2D eigenvalue weighted by atomic mass is 19.1. The van der Waals surface area contributed by atoms with E-state index >= 15 is 0 Å². The molecule has 4 nitrogen and oxygen atoms in total. The predicted octanol–water partition coefficient (Wildman–Crippen LogP) is 4.40. The summed E-state index contributed by atoms with van der Waals surface area (Å²) >= 11 is 0. The molecule has 150 valence electrons. The van der Waals surface area contributed by atoms with Gasteiger partial charge in [-0.1, -0.05) is 12.1 Å². The Hall–Kier alpha value is -2.50. The molecule has 0 fully saturated rings. The number of hydrogen-bond donors (Lipinski definition) is 2. The van der Waals surface area contributed by atoms with E-state index in [1.807, 2.05) is 38.2 Å². The zero-order valence-corrected chi connectivity index (χ0v) is 17.0. The van der Waals surface area contributed by atoms with Crippen LogP contribution in [-0.4, -0.2) is 31.8 Å². The van der Waals surface area contributed by atoms with Crippen LogP contribution in [0.15, 0.2) is 60.1 Å². The topological polar surface area (TPSA) is 60.2 Å². The molecule has 0 atom stereocenters. The summed E-state index contributed by atoms with van der Waals surface area (Å²) in [5.41, 5.74) is 12.1. The largest absolute Gasteiger partial charge is 0.391 e. The highest BCUT2D eigenvalue weighted by Gasteiger charge is 2.18. The zero-order valence-electron chi connectivity index (χ0n) is 17.0. The predicted molar refractivity (Wildman–Crippen MR) is 114 cm³/mol. The van der Waals surface area contributed by atoms with Gasteiger partial charge in [-0.05, 0) is 79.8 Å². The van der Waals surface area contributed by atoms with Crippen LogP contribution in [0, 0.1) is 5.82 Å². The van der Waals surface area contributed by atoms with Crippen molar-refractivity contribution in [2.45, 2.75) is 26.7 Å². The molecule has 0 aliphatic rings. The van der Waals surface area contributed by atoms with Gasteiger partial charge in [0, 0.05) is 37.3 Å². The molecule has 28 heavy (non-hydrogen) atoms. The molecule has 0 aliphatic carbocycles. The van der Waals surface area contributed by atoms with Crippen molar-refractivity contribution in [3.8, 4) is 0 Å². The standard InChI is InChI=1S/C23H30FN3O/c1-4-28-16-17(2)22(18-7-9-20(24)10-8-18)23(19-11-14-27-15-12-19)21(26-3)6-5-13-25/h7-12,14-15,26H,4-6,13,16,25H2,1-3H3/b22-17+,23-21-. The molecule has 0 saturated heterocycles. The van der Waals surface area contributed by atoms with E-state index in [9.17, 15) is 4.39 Å². The smallest absolute Gasteiger partial charge is 0.123 e. The molecule has 0 unspecified atom stereocenters. The monoisotopic (exact) mass is 383 g/mol. The summed E-state index contributed by atoms with van der Waals surface area (Å²) in [6.45, 7) is 5.79. The lowest BCUT2D eigenvalue weighted by Crippen LogP contribution is -2.13. The maximum atomic E-state index is 13.6. The third kappa shape index (κ3) is 5.75. The third-order valence-corrected chi connectivity index (χ3v) is 4.54. The molecule has 0 radical (unpaired) electrons. The first-order valence-electron chi connectivity index (χ1n) is 9.67. The van der Waals surface area contributed by atoms with Crippen molar-refractivity contribution in [3.05, 3.63) is 77.0 Å². The molecule has 5 heteroatoms. The number of aromatic nitrogens is 1. The number of ether oxygens (including phenoxy) is 1. The quantitative estimate of drug-likeness (QED) is 0.597. The summed E-state index contributed by atoms with van der Waals surface area (Å²) in [6.07, 6.45) is 5.25. The third-order valence-electron chi connectivity index (χ3n) is 4.54. The maximum Gasteiger partial charge on any atom is 0.123 e. The average molecular weight is 384 g/mol. The Morgan fingerprint density at radius 1 is 1.07 bits per heavy atom. The molecule has 0 amide bonds. The molecular formula is C23H30FN3O. The SMILES string of the molecule is CCOC/C(C)=C(/C(=C(/CCCN)NC)c1ccncc1)c1ccc(F)cc1. The van der Waals surface area contributed by atoms with Crippen LogP contribution in [0.2, 0.25) is 0 Å². The molecule has 1 heterocycles. The number of halogens is 1. The van der Waals surface area contributed by atoms with Crippen LogP contribution >= 0.6 is 0 Å². The molecule has 0 saturated carbocycles. The molecule has 1 aromatic heterocycles. The molecule has 3 N–H and O–H groups in total. The maximum absolute atomic E-state index is 13.6. The van der Waals surface area contributed by atoms with E-state index < -0.39 is 0 Å². The first-order chi connectivity index (χ1) is 13.6. The Labute approximate surface area is 167 Å². The van der Waals surface area contributed by atoms with E-state index in [2.05, 4.69) is 17.2 Å². The Morgan fingerprint density at radius 3 is 2.29 bits per heavy atom. The molecular weight excluding hydrogens is 353 g/mol. The van der Waals surface area contributed by atoms with Crippen molar-refractivity contribution >= 4 is 11.1 Å². The van der Waals surface area contributed by atoms with Crippen LogP contribution in [0.5, 0.6) is 0 Å². The second-order valence-electron chi connectivity index (χ2n) is 6.53. The Morgan fingerprint density at radius 2 is 1.71 bits per heavy atom. The second-order valence-corrected chi connectivity index (χ2v) is 6.53. The molecule has 0 bridgehead atoms. The molecule has 2 rings (SSSR count). The lowest BCUT2D eigenvalue weighted by atomic mass is 9.87. The molecule has 0 aliphatic heterocycles. The molecule has 2 aromatic rings. The van der Waals surface area contributed by atoms with Crippen LogP contribution in [0.3, 0.4) is 0 Å². The van der Waals surface area contributed by atoms with Gasteiger partial charge in [0.15, 0.2) is 0 Å². The summed E-state index contributed by atoms with van der Waals surface area (Å²) < 4.78 is 19.3. The second kappa shape index (κ2) is 11.4. The van der Waals surface area contributed by atoms with Gasteiger partial charge in [-0.15, -0.1) is 0 Å². The number of nitrogens with two attached hydrogens (primary N) is 1. The Kier molecular flexibility index (Phi) is 8.85. The number of nitrogens with zero attached hydrogens (tertiary/aromatic N) is 1. The van der Waals surface area contributed by atoms with Crippen LogP contribution in [0.25, 0.3) is 11.1 Å². The van der Waals surface area contributed by atoms with Crippen molar-refractivity contribution in [2.24, 2.45) is 5.73 Å². The Balaban J connectivity index is 2.74. The number of pyridine rings is 1. The fraction of sp³-hybridized carbons (Fsp3) is 0.348. The van der Waals surface area contributed by atoms with Gasteiger partial charge >= 0.3 is 0 Å². The number of benzene rings is 1. The summed E-state index contributed by atoms with van der Waals surface area (Å²) in [6, 6.07) is 10.6. The summed E-state index contributed by atoms with van der Waals surface area (Å²) in [5.74, 6) is -0.253. The van der Waals surface area contributed by atoms with Crippen molar-refractivity contribution in [1.82, 2.24) is 10.3 Å². The van der Waals surface area contributed by atoms with Gasteiger partial charge in [-0.3, -0.25) is 4.98 Å². The minimum Gasteiger partial charge on any atom is -0.391 e. The van der Waals surface area contributed by atoms with Crippen molar-refractivity contribution in [2.75, 3.05) is 26.8 Å². The highest BCUT2D eigenvalue weighted by molar-refractivity contribution is 6.07. The number of rotatable bonds is 10. The number of allylic oxidation sites excluding steroid dienone is 3. The lowest BCUT2D eigenvalue weighted by Gasteiger charge is -2.22. The van der Waals surface area contributed by atoms with Crippen LogP contribution in [-0.2, 0) is 4.74 Å². The van der Waals surface area contributed by atoms with E-state index in [4.69, 9.17) is 10.5 Å². The first-order valence-corrected chi connectivity index (χ1v) is 9.67. The van der Waals surface area contributed by atoms with Crippen LogP contribution in [0.1, 0.15) is 37.8 Å². The zero-order chi connectivity index (χ0) is 20.4. The molecule has 0 spiro atoms. The number of hydrogen-bond acceptors (Lipinski definition) is 4. The van der Waals surface area contributed by atoms with Crippen molar-refractivity contribution in [3.63, 3.8) is 0 Å². The van der Waals surface area contributed by atoms with Crippen molar-refractivity contribution < 1.29 is 9.13 Å². The van der Waals surface area contributed by atoms with Crippen LogP contribution < -0.4 is 11.1 Å². The minimum absolute atomic E-state index is 0.253. The van der Waals surface area contributed by atoms with Crippen molar-refractivity contribution in [1.29, 1.82) is 0 Å². The normalized spacial score (nSPS) is 13.0. The summed E-state index contributed by atoms with van der Waals surface area (Å²) in [4.78, 5) is 4.16. The fourth-order valence-electron chi connectivity index (χ4n) is 3.19. The van der Waals surface area contributed by atoms with Gasteiger partial charge in [0.05, 0.1) is 6.61 Å². The highest BCUT2D eigenvalue weighted by Crippen LogP contribution is 2.37. The van der Waals surface area contributed by atoms with Gasteiger partial charge < -0.3 is 15.8 Å². The Bertz CT molecular complexity index is 798. The van der Waals surface area contributed by atoms with E-state index in [-0.39, 0.29) is 5.82 Å². The summed E-state index contributed by atoms with van der Waals surface area (Å²) in [5, 5.41) is 3.36. The van der Waals surface area contributed by atoms with Gasteiger partial charge in [0.1, 0.15) is 5.82 Å². The lowest BCUT2D eigenvalue weighted by molar-refractivity contribution is 0.171. The molecule has 1 aromatic carbocycles. The van der Waals surface area contributed by atoms with E-state index in [1.54, 1.807) is 12.4 Å². The van der Waals surface area contributed by atoms with E-state index in [0.29, 0.717) is 19.8 Å². The minimum atomic E-state index is -0.253. The van der Waals surface area contributed by atoms with E-state index in [0.717, 1.165) is 46.4 Å². The fourth-order valence-corrected chi connectivity index (χ4v) is 3.19. The first kappa shape index (κ1) is 21.8. The average Bonchev–Trinajstić information content (AvgIpc) is 2.73. The van der Waals surface area contributed by atoms with Crippen LogP contribution in [0.4, 0.5) is 4.39 Å². The van der Waals surface area contributed by atoms with E-state index in [1.165, 1.54) is 12.1 Å². The number of nitrogens with one attached hydrogen (secondary N) is 1. The summed E-state index contributed by atoms with van der Waals surface area (Å²) in [7, 11) is 1.92. The van der Waals surface area contributed by atoms with Gasteiger partial charge in [-0.25, -0.2) is 4.39 Å². The van der Waals surface area contributed by atoms with Gasteiger partial charge in [0.25, 0.3) is 0 Å². The van der Waals surface area contributed by atoms with Gasteiger partial charge in [-0.2, -0.15) is 0 Å².